The van der Waals surface area contributed by atoms with Gasteiger partial charge in [-0.1, -0.05) is 29.3 Å². The van der Waals surface area contributed by atoms with Gasteiger partial charge in [-0.2, -0.15) is 0 Å². The van der Waals surface area contributed by atoms with E-state index in [2.05, 4.69) is 4.98 Å². The molecule has 0 bridgehead atoms. The molecule has 2 aromatic rings. The molecule has 3 rings (SSSR count). The quantitative estimate of drug-likeness (QED) is 0.788. The Kier molecular flexibility index (Phi) is 5.54. The van der Waals surface area contributed by atoms with E-state index in [1.165, 1.54) is 11.3 Å². The number of halogens is 2. The van der Waals surface area contributed by atoms with Crippen molar-refractivity contribution in [3.05, 3.63) is 50.4 Å². The Hall–Kier alpha value is -1.14. The van der Waals surface area contributed by atoms with Crippen LogP contribution in [0, 0.1) is 0 Å². The largest absolute Gasteiger partial charge is 0.376 e. The number of hydrogen-bond acceptors (Lipinski definition) is 4. The van der Waals surface area contributed by atoms with Gasteiger partial charge in [-0.25, -0.2) is 0 Å². The smallest absolute Gasteiger partial charge is 0.256 e. The Morgan fingerprint density at radius 3 is 2.96 bits per heavy atom. The van der Waals surface area contributed by atoms with Crippen LogP contribution in [-0.2, 0) is 11.3 Å². The Morgan fingerprint density at radius 2 is 2.35 bits per heavy atom. The van der Waals surface area contributed by atoms with Crippen LogP contribution in [0.15, 0.2) is 30.6 Å². The molecule has 1 atom stereocenters. The van der Waals surface area contributed by atoms with Crippen molar-refractivity contribution in [1.82, 2.24) is 9.88 Å². The van der Waals surface area contributed by atoms with Gasteiger partial charge in [-0.05, 0) is 30.5 Å². The molecule has 3 heterocycles. The number of pyridine rings is 1. The summed E-state index contributed by atoms with van der Waals surface area (Å²) < 4.78 is 6.61. The Morgan fingerprint density at radius 1 is 1.48 bits per heavy atom. The number of hydrogen-bond donors (Lipinski definition) is 0. The molecule has 2 aromatic heterocycles. The second kappa shape index (κ2) is 7.62. The molecule has 0 N–H and O–H groups in total. The predicted molar refractivity (Wildman–Crippen MR) is 92.3 cm³/mol. The monoisotopic (exact) mass is 370 g/mol. The fourth-order valence-electron chi connectivity index (χ4n) is 2.62. The predicted octanol–water partition coefficient (Wildman–Crippen LogP) is 4.27. The van der Waals surface area contributed by atoms with Gasteiger partial charge in [-0.3, -0.25) is 9.78 Å². The van der Waals surface area contributed by atoms with E-state index in [0.717, 1.165) is 25.0 Å². The third kappa shape index (κ3) is 4.23. The summed E-state index contributed by atoms with van der Waals surface area (Å²) in [4.78, 5) is 18.8. The molecule has 1 aliphatic heterocycles. The van der Waals surface area contributed by atoms with Gasteiger partial charge < -0.3 is 9.64 Å². The normalized spacial score (nSPS) is 17.4. The van der Waals surface area contributed by atoms with Crippen LogP contribution in [-0.4, -0.2) is 35.0 Å². The minimum Gasteiger partial charge on any atom is -0.376 e. The lowest BCUT2D eigenvalue weighted by atomic mass is 10.2. The molecule has 1 unspecified atom stereocenters. The average Bonchev–Trinajstić information content (AvgIpc) is 3.16. The van der Waals surface area contributed by atoms with Gasteiger partial charge in [0, 0.05) is 32.1 Å². The average molecular weight is 371 g/mol. The third-order valence-corrected chi connectivity index (χ3v) is 5.21. The highest BCUT2D eigenvalue weighted by Gasteiger charge is 2.26. The van der Waals surface area contributed by atoms with E-state index in [9.17, 15) is 4.79 Å². The molecular formula is C16H16Cl2N2O2S. The van der Waals surface area contributed by atoms with Gasteiger partial charge in [0.05, 0.1) is 16.0 Å². The summed E-state index contributed by atoms with van der Waals surface area (Å²) in [5, 5.41) is 0. The summed E-state index contributed by atoms with van der Waals surface area (Å²) in [6.45, 7) is 1.76. The Balaban J connectivity index is 1.81. The van der Waals surface area contributed by atoms with Crippen LogP contribution < -0.4 is 0 Å². The summed E-state index contributed by atoms with van der Waals surface area (Å²) in [5.74, 6) is -0.127. The van der Waals surface area contributed by atoms with Crippen molar-refractivity contribution in [3.63, 3.8) is 0 Å². The Labute approximate surface area is 149 Å². The van der Waals surface area contributed by atoms with Crippen molar-refractivity contribution < 1.29 is 9.53 Å². The molecule has 0 radical (unpaired) electrons. The van der Waals surface area contributed by atoms with Gasteiger partial charge >= 0.3 is 0 Å². The van der Waals surface area contributed by atoms with Crippen LogP contribution >= 0.6 is 34.5 Å². The zero-order valence-electron chi connectivity index (χ0n) is 12.4. The molecule has 0 aromatic carbocycles. The van der Waals surface area contributed by atoms with Crippen molar-refractivity contribution in [2.75, 3.05) is 13.2 Å². The fourth-order valence-corrected chi connectivity index (χ4v) is 4.07. The first-order chi connectivity index (χ1) is 11.1. The number of carbonyl (C=O) groups excluding carboxylic acids is 1. The molecule has 0 spiro atoms. The number of rotatable bonds is 5. The lowest BCUT2D eigenvalue weighted by Gasteiger charge is -2.25. The minimum absolute atomic E-state index is 0.0727. The van der Waals surface area contributed by atoms with E-state index < -0.39 is 0 Å². The molecule has 122 valence electrons. The second-order valence-corrected chi connectivity index (χ2v) is 7.71. The highest BCUT2D eigenvalue weighted by atomic mass is 35.5. The van der Waals surface area contributed by atoms with E-state index in [4.69, 9.17) is 27.9 Å². The number of nitrogens with zero attached hydrogens (tertiary/aromatic N) is 2. The molecule has 1 saturated heterocycles. The zero-order valence-corrected chi connectivity index (χ0v) is 14.7. The lowest BCUT2D eigenvalue weighted by molar-refractivity contribution is 0.0507. The summed E-state index contributed by atoms with van der Waals surface area (Å²) >= 11 is 13.3. The molecular weight excluding hydrogens is 355 g/mol. The molecule has 4 nitrogen and oxygen atoms in total. The van der Waals surface area contributed by atoms with Crippen molar-refractivity contribution in [3.8, 4) is 0 Å². The van der Waals surface area contributed by atoms with Crippen molar-refractivity contribution >= 4 is 40.4 Å². The first kappa shape index (κ1) is 16.7. The van der Waals surface area contributed by atoms with E-state index in [-0.39, 0.29) is 12.0 Å². The molecule has 23 heavy (non-hydrogen) atoms. The fraction of sp³-hybridized carbons (Fsp3) is 0.375. The number of aromatic nitrogens is 1. The van der Waals surface area contributed by atoms with Gasteiger partial charge in [-0.15, -0.1) is 11.3 Å². The number of ether oxygens (including phenoxy) is 1. The van der Waals surface area contributed by atoms with Crippen molar-refractivity contribution in [2.45, 2.75) is 25.5 Å². The third-order valence-electron chi connectivity index (χ3n) is 3.72. The van der Waals surface area contributed by atoms with Gasteiger partial charge in [0.25, 0.3) is 5.91 Å². The van der Waals surface area contributed by atoms with Crippen LogP contribution in [0.4, 0.5) is 0 Å². The van der Waals surface area contributed by atoms with Crippen LogP contribution in [0.3, 0.4) is 0 Å². The minimum atomic E-state index is -0.127. The highest BCUT2D eigenvalue weighted by molar-refractivity contribution is 7.20. The first-order valence-corrected chi connectivity index (χ1v) is 8.95. The van der Waals surface area contributed by atoms with Crippen molar-refractivity contribution in [1.29, 1.82) is 0 Å². The van der Waals surface area contributed by atoms with Crippen molar-refractivity contribution in [2.24, 2.45) is 0 Å². The van der Waals surface area contributed by atoms with Gasteiger partial charge in [0.15, 0.2) is 0 Å². The number of carbonyl (C=O) groups is 1. The number of amides is 1. The van der Waals surface area contributed by atoms with Gasteiger partial charge in [0.1, 0.15) is 4.34 Å². The molecule has 7 heteroatoms. The van der Waals surface area contributed by atoms with E-state index in [1.807, 2.05) is 12.1 Å². The highest BCUT2D eigenvalue weighted by Crippen LogP contribution is 2.32. The molecule has 1 fully saturated rings. The maximum atomic E-state index is 12.9. The Bertz CT molecular complexity index is 672. The van der Waals surface area contributed by atoms with Crippen LogP contribution in [0.1, 0.15) is 28.8 Å². The number of thiophene rings is 1. The molecule has 0 aliphatic carbocycles. The second-order valence-electron chi connectivity index (χ2n) is 5.42. The topological polar surface area (TPSA) is 42.4 Å². The van der Waals surface area contributed by atoms with Gasteiger partial charge in [0.2, 0.25) is 0 Å². The summed E-state index contributed by atoms with van der Waals surface area (Å²) in [6, 6.07) is 5.44. The van der Waals surface area contributed by atoms with E-state index >= 15 is 0 Å². The van der Waals surface area contributed by atoms with E-state index in [0.29, 0.717) is 27.3 Å². The lowest BCUT2D eigenvalue weighted by Crippen LogP contribution is -2.36. The van der Waals surface area contributed by atoms with E-state index in [1.54, 1.807) is 23.4 Å². The SMILES string of the molecule is O=C(c1cc(Cl)sc1Cl)N(Cc1cccnc1)CC1CCCO1. The summed E-state index contributed by atoms with van der Waals surface area (Å²) in [5.41, 5.74) is 1.42. The first-order valence-electron chi connectivity index (χ1n) is 7.38. The molecule has 1 amide bonds. The van der Waals surface area contributed by atoms with Crippen LogP contribution in [0.5, 0.6) is 0 Å². The summed E-state index contributed by atoms with van der Waals surface area (Å²) in [6.07, 6.45) is 5.55. The van der Waals surface area contributed by atoms with Crippen LogP contribution in [0.2, 0.25) is 8.67 Å². The maximum absolute atomic E-state index is 12.9. The standard InChI is InChI=1S/C16H16Cl2N2O2S/c17-14-7-13(15(18)23-14)16(21)20(10-12-4-2-6-22-12)9-11-3-1-5-19-8-11/h1,3,5,7-8,12H,2,4,6,9-10H2. The summed E-state index contributed by atoms with van der Waals surface area (Å²) in [7, 11) is 0. The maximum Gasteiger partial charge on any atom is 0.256 e. The zero-order chi connectivity index (χ0) is 16.2. The molecule has 1 aliphatic rings. The van der Waals surface area contributed by atoms with Crippen LogP contribution in [0.25, 0.3) is 0 Å². The molecule has 0 saturated carbocycles.